The number of amides is 1. The first-order chi connectivity index (χ1) is 11.5. The van der Waals surface area contributed by atoms with E-state index in [1.54, 1.807) is 12.1 Å². The lowest BCUT2D eigenvalue weighted by atomic mass is 9.80. The van der Waals surface area contributed by atoms with E-state index in [9.17, 15) is 4.79 Å². The van der Waals surface area contributed by atoms with E-state index in [-0.39, 0.29) is 5.76 Å². The number of rotatable bonds is 6. The summed E-state index contributed by atoms with van der Waals surface area (Å²) in [4.78, 5) is 15.6. The summed E-state index contributed by atoms with van der Waals surface area (Å²) in [5, 5.41) is 6.79. The van der Waals surface area contributed by atoms with Gasteiger partial charge in [0.05, 0.1) is 0 Å². The molecule has 6 heteroatoms. The number of carbonyl (C=O) groups excluding carboxylic acids is 1. The lowest BCUT2D eigenvalue weighted by molar-refractivity contribution is 0.0972. The quantitative estimate of drug-likeness (QED) is 0.551. The van der Waals surface area contributed by atoms with E-state index in [4.69, 9.17) is 10.2 Å². The minimum atomic E-state index is -0.558. The Labute approximate surface area is 144 Å². The van der Waals surface area contributed by atoms with Crippen molar-refractivity contribution in [2.24, 2.45) is 22.6 Å². The summed E-state index contributed by atoms with van der Waals surface area (Å²) < 4.78 is 5.37. The van der Waals surface area contributed by atoms with Crippen molar-refractivity contribution >= 4 is 11.9 Å². The second kappa shape index (κ2) is 8.76. The zero-order valence-corrected chi connectivity index (χ0v) is 15.0. The van der Waals surface area contributed by atoms with Crippen LogP contribution in [0.25, 0.3) is 0 Å². The molecule has 4 N–H and O–H groups in total. The first-order valence-corrected chi connectivity index (χ1v) is 8.93. The maximum Gasteiger partial charge on any atom is 0.284 e. The third-order valence-electron chi connectivity index (χ3n) is 4.70. The summed E-state index contributed by atoms with van der Waals surface area (Å²) in [6.07, 6.45) is 4.91. The van der Waals surface area contributed by atoms with E-state index in [1.807, 2.05) is 6.92 Å². The zero-order chi connectivity index (χ0) is 17.5. The molecule has 1 aliphatic carbocycles. The van der Waals surface area contributed by atoms with E-state index < -0.39 is 5.91 Å². The fourth-order valence-corrected chi connectivity index (χ4v) is 3.20. The number of guanidine groups is 1. The largest absolute Gasteiger partial charge is 0.454 e. The van der Waals surface area contributed by atoms with Crippen LogP contribution in [0.15, 0.2) is 21.5 Å². The van der Waals surface area contributed by atoms with E-state index in [2.05, 4.69) is 29.5 Å². The minimum absolute atomic E-state index is 0.171. The third kappa shape index (κ3) is 5.28. The van der Waals surface area contributed by atoms with Crippen LogP contribution in [0.4, 0.5) is 0 Å². The summed E-state index contributed by atoms with van der Waals surface area (Å²) in [5.41, 5.74) is 5.19. The van der Waals surface area contributed by atoms with Crippen LogP contribution in [0.3, 0.4) is 0 Å². The summed E-state index contributed by atoms with van der Waals surface area (Å²) in [6, 6.07) is 3.79. The molecule has 0 unspecified atom stereocenters. The molecule has 6 nitrogen and oxygen atoms in total. The summed E-state index contributed by atoms with van der Waals surface area (Å²) in [6.45, 7) is 7.86. The van der Waals surface area contributed by atoms with Crippen LogP contribution < -0.4 is 16.4 Å². The monoisotopic (exact) mass is 334 g/mol. The molecule has 2 rings (SSSR count). The number of primary amides is 1. The van der Waals surface area contributed by atoms with Crippen molar-refractivity contribution in [2.75, 3.05) is 6.54 Å². The van der Waals surface area contributed by atoms with Crippen LogP contribution in [0.5, 0.6) is 0 Å². The lowest BCUT2D eigenvalue weighted by Gasteiger charge is -2.32. The van der Waals surface area contributed by atoms with Gasteiger partial charge >= 0.3 is 0 Å². The highest BCUT2D eigenvalue weighted by Gasteiger charge is 2.23. The highest BCUT2D eigenvalue weighted by atomic mass is 16.3. The fourth-order valence-electron chi connectivity index (χ4n) is 3.20. The van der Waals surface area contributed by atoms with Gasteiger partial charge in [0.15, 0.2) is 11.7 Å². The molecule has 0 atom stereocenters. The van der Waals surface area contributed by atoms with E-state index in [0.29, 0.717) is 18.3 Å². The van der Waals surface area contributed by atoms with Gasteiger partial charge in [-0.3, -0.25) is 4.79 Å². The molecular formula is C18H30N4O2. The average molecular weight is 334 g/mol. The van der Waals surface area contributed by atoms with Gasteiger partial charge in [-0.05, 0) is 56.6 Å². The van der Waals surface area contributed by atoms with Crippen LogP contribution in [-0.2, 0) is 6.54 Å². The van der Waals surface area contributed by atoms with Gasteiger partial charge in [-0.1, -0.05) is 13.8 Å². The number of aliphatic imine (C=N–C) groups is 1. The van der Waals surface area contributed by atoms with Gasteiger partial charge in [0.25, 0.3) is 5.91 Å². The number of carbonyl (C=O) groups is 1. The second-order valence-corrected chi connectivity index (χ2v) is 6.83. The smallest absolute Gasteiger partial charge is 0.284 e. The molecular weight excluding hydrogens is 304 g/mol. The molecule has 0 spiro atoms. The zero-order valence-electron chi connectivity index (χ0n) is 15.0. The molecule has 1 amide bonds. The molecule has 0 saturated heterocycles. The van der Waals surface area contributed by atoms with Gasteiger partial charge in [-0.15, -0.1) is 0 Å². The Bertz CT molecular complexity index is 557. The SMILES string of the molecule is CCNC(=NCc1ccc(C(N)=O)o1)NC1CCC(C(C)C)CC1. The Balaban J connectivity index is 1.90. The first kappa shape index (κ1) is 18.4. The molecule has 0 aromatic carbocycles. The van der Waals surface area contributed by atoms with Crippen molar-refractivity contribution in [3.05, 3.63) is 23.7 Å². The summed E-state index contributed by atoms with van der Waals surface area (Å²) in [5.74, 6) is 2.65. The number of nitrogens with one attached hydrogen (secondary N) is 2. The second-order valence-electron chi connectivity index (χ2n) is 6.83. The minimum Gasteiger partial charge on any atom is -0.454 e. The topological polar surface area (TPSA) is 92.6 Å². The van der Waals surface area contributed by atoms with Gasteiger partial charge in [-0.2, -0.15) is 0 Å². The maximum absolute atomic E-state index is 11.1. The lowest BCUT2D eigenvalue weighted by Crippen LogP contribution is -2.45. The molecule has 24 heavy (non-hydrogen) atoms. The fraction of sp³-hybridized carbons (Fsp3) is 0.667. The maximum atomic E-state index is 11.1. The van der Waals surface area contributed by atoms with Crippen LogP contribution in [0.2, 0.25) is 0 Å². The van der Waals surface area contributed by atoms with Crippen molar-refractivity contribution < 1.29 is 9.21 Å². The molecule has 0 radical (unpaired) electrons. The molecule has 1 aliphatic rings. The Kier molecular flexibility index (Phi) is 6.70. The number of furan rings is 1. The molecule has 1 aromatic rings. The normalized spacial score (nSPS) is 21.8. The molecule has 1 heterocycles. The Hall–Kier alpha value is -1.98. The third-order valence-corrected chi connectivity index (χ3v) is 4.70. The highest BCUT2D eigenvalue weighted by Crippen LogP contribution is 2.29. The van der Waals surface area contributed by atoms with Gasteiger partial charge < -0.3 is 20.8 Å². The van der Waals surface area contributed by atoms with E-state index >= 15 is 0 Å². The molecule has 1 aromatic heterocycles. The number of hydrogen-bond donors (Lipinski definition) is 3. The number of nitrogens with zero attached hydrogens (tertiary/aromatic N) is 1. The predicted molar refractivity (Wildman–Crippen MR) is 95.8 cm³/mol. The highest BCUT2D eigenvalue weighted by molar-refractivity contribution is 5.89. The molecule has 0 bridgehead atoms. The van der Waals surface area contributed by atoms with Crippen molar-refractivity contribution in [3.63, 3.8) is 0 Å². The standard InChI is InChI=1S/C18H30N4O2/c1-4-20-18(21-11-15-9-10-16(24-15)17(19)23)22-14-7-5-13(6-8-14)12(2)3/h9-10,12-14H,4-8,11H2,1-3H3,(H2,19,23)(H2,20,21,22). The molecule has 1 fully saturated rings. The van der Waals surface area contributed by atoms with Crippen molar-refractivity contribution in [1.29, 1.82) is 0 Å². The van der Waals surface area contributed by atoms with Crippen molar-refractivity contribution in [3.8, 4) is 0 Å². The van der Waals surface area contributed by atoms with Gasteiger partial charge in [-0.25, -0.2) is 4.99 Å². The molecule has 134 valence electrons. The Morgan fingerprint density at radius 1 is 1.33 bits per heavy atom. The van der Waals surface area contributed by atoms with Crippen LogP contribution in [0, 0.1) is 11.8 Å². The summed E-state index contributed by atoms with van der Waals surface area (Å²) in [7, 11) is 0. The molecule has 1 saturated carbocycles. The van der Waals surface area contributed by atoms with E-state index in [1.165, 1.54) is 25.7 Å². The first-order valence-electron chi connectivity index (χ1n) is 8.93. The van der Waals surface area contributed by atoms with Crippen molar-refractivity contribution in [1.82, 2.24) is 10.6 Å². The van der Waals surface area contributed by atoms with Crippen molar-refractivity contribution in [2.45, 2.75) is 59.0 Å². The van der Waals surface area contributed by atoms with Crippen LogP contribution >= 0.6 is 0 Å². The number of hydrogen-bond acceptors (Lipinski definition) is 3. The van der Waals surface area contributed by atoms with E-state index in [0.717, 1.165) is 24.3 Å². The van der Waals surface area contributed by atoms with Crippen LogP contribution in [-0.4, -0.2) is 24.5 Å². The van der Waals surface area contributed by atoms with Gasteiger partial charge in [0.1, 0.15) is 12.3 Å². The predicted octanol–water partition coefficient (Wildman–Crippen LogP) is 2.65. The van der Waals surface area contributed by atoms with Crippen LogP contribution in [0.1, 0.15) is 62.8 Å². The Morgan fingerprint density at radius 2 is 2.04 bits per heavy atom. The average Bonchev–Trinajstić information content (AvgIpc) is 3.02. The van der Waals surface area contributed by atoms with Gasteiger partial charge in [0, 0.05) is 12.6 Å². The summed E-state index contributed by atoms with van der Waals surface area (Å²) >= 11 is 0. The Morgan fingerprint density at radius 3 is 2.58 bits per heavy atom. The van der Waals surface area contributed by atoms with Gasteiger partial charge in [0.2, 0.25) is 0 Å². The number of nitrogens with two attached hydrogens (primary N) is 1. The molecule has 0 aliphatic heterocycles.